The molecule has 6 heteroatoms. The van der Waals surface area contributed by atoms with E-state index >= 15 is 0 Å². The molecule has 0 amide bonds. The molecule has 0 radical (unpaired) electrons. The third-order valence-corrected chi connectivity index (χ3v) is 3.03. The summed E-state index contributed by atoms with van der Waals surface area (Å²) >= 11 is 0. The molecule has 0 atom stereocenters. The number of benzene rings is 1. The highest BCUT2D eigenvalue weighted by Crippen LogP contribution is 2.24. The van der Waals surface area contributed by atoms with Crippen LogP contribution in [0.4, 0.5) is 17.3 Å². The second kappa shape index (κ2) is 7.44. The molecule has 1 aromatic heterocycles. The number of nitrogens with one attached hydrogen (secondary N) is 2. The molecule has 0 fully saturated rings. The number of aromatic nitrogens is 2. The van der Waals surface area contributed by atoms with Crippen molar-refractivity contribution >= 4 is 17.3 Å². The second-order valence-electron chi connectivity index (χ2n) is 4.55. The van der Waals surface area contributed by atoms with Gasteiger partial charge >= 0.3 is 0 Å². The molecule has 2 aromatic rings. The summed E-state index contributed by atoms with van der Waals surface area (Å²) in [4.78, 5) is 8.39. The zero-order chi connectivity index (χ0) is 15.1. The lowest BCUT2D eigenvalue weighted by molar-refractivity contribution is 0.317. The van der Waals surface area contributed by atoms with Gasteiger partial charge in [0.25, 0.3) is 0 Å². The molecule has 112 valence electrons. The third kappa shape index (κ3) is 3.82. The van der Waals surface area contributed by atoms with Crippen LogP contribution in [0.3, 0.4) is 0 Å². The normalized spacial score (nSPS) is 10.2. The number of nitrogen functional groups attached to an aromatic ring is 1. The van der Waals surface area contributed by atoms with Gasteiger partial charge in [0.05, 0.1) is 6.61 Å². The molecule has 6 nitrogen and oxygen atoms in total. The number of nitrogens with zero attached hydrogens (tertiary/aromatic N) is 2. The van der Waals surface area contributed by atoms with E-state index in [1.54, 1.807) is 0 Å². The number of hydrogen-bond acceptors (Lipinski definition) is 6. The number of hydrogen-bond donors (Lipinski definition) is 3. The molecule has 21 heavy (non-hydrogen) atoms. The van der Waals surface area contributed by atoms with Crippen molar-refractivity contribution in [2.75, 3.05) is 17.3 Å². The van der Waals surface area contributed by atoms with Crippen LogP contribution in [0.15, 0.2) is 30.6 Å². The van der Waals surface area contributed by atoms with Crippen molar-refractivity contribution in [1.82, 2.24) is 9.97 Å². The molecule has 1 aromatic carbocycles. The molecule has 2 rings (SSSR count). The summed E-state index contributed by atoms with van der Waals surface area (Å²) in [6, 6.07) is 7.80. The van der Waals surface area contributed by atoms with E-state index in [1.165, 1.54) is 6.33 Å². The Hall–Kier alpha value is -2.34. The van der Waals surface area contributed by atoms with Gasteiger partial charge in [0, 0.05) is 11.3 Å². The third-order valence-electron chi connectivity index (χ3n) is 3.03. The van der Waals surface area contributed by atoms with Crippen LogP contribution in [0, 0.1) is 0 Å². The molecular weight excluding hydrogens is 266 g/mol. The van der Waals surface area contributed by atoms with Crippen molar-refractivity contribution in [2.24, 2.45) is 5.84 Å². The van der Waals surface area contributed by atoms with Crippen molar-refractivity contribution in [2.45, 2.75) is 26.7 Å². The molecule has 0 aliphatic carbocycles. The van der Waals surface area contributed by atoms with Gasteiger partial charge in [-0.3, -0.25) is 0 Å². The Morgan fingerprint density at radius 2 is 1.81 bits per heavy atom. The van der Waals surface area contributed by atoms with Crippen molar-refractivity contribution < 1.29 is 4.74 Å². The fraction of sp³-hybridized carbons (Fsp3) is 0.333. The van der Waals surface area contributed by atoms with E-state index in [4.69, 9.17) is 10.6 Å². The Kier molecular flexibility index (Phi) is 5.34. The number of hydrazine groups is 1. The first kappa shape index (κ1) is 15.1. The second-order valence-corrected chi connectivity index (χ2v) is 4.55. The maximum Gasteiger partial charge on any atom is 0.148 e. The van der Waals surface area contributed by atoms with Crippen LogP contribution < -0.4 is 21.3 Å². The van der Waals surface area contributed by atoms with Crippen molar-refractivity contribution in [1.29, 1.82) is 0 Å². The van der Waals surface area contributed by atoms with Crippen molar-refractivity contribution in [3.63, 3.8) is 0 Å². The van der Waals surface area contributed by atoms with Gasteiger partial charge in [-0.1, -0.05) is 13.8 Å². The summed E-state index contributed by atoms with van der Waals surface area (Å²) < 4.78 is 5.56. The van der Waals surface area contributed by atoms with Gasteiger partial charge in [0.2, 0.25) is 0 Å². The van der Waals surface area contributed by atoms with E-state index in [-0.39, 0.29) is 0 Å². The molecule has 0 spiro atoms. The minimum Gasteiger partial charge on any atom is -0.494 e. The van der Waals surface area contributed by atoms with Crippen LogP contribution in [0.2, 0.25) is 0 Å². The molecule has 1 heterocycles. The SMILES string of the molecule is CCCOc1ccc(Nc2ncnc(NN)c2CC)cc1. The van der Waals surface area contributed by atoms with E-state index in [2.05, 4.69) is 27.6 Å². The van der Waals surface area contributed by atoms with E-state index in [9.17, 15) is 0 Å². The summed E-state index contributed by atoms with van der Waals surface area (Å²) in [7, 11) is 0. The smallest absolute Gasteiger partial charge is 0.148 e. The summed E-state index contributed by atoms with van der Waals surface area (Å²) in [6.07, 6.45) is 3.26. The largest absolute Gasteiger partial charge is 0.494 e. The van der Waals surface area contributed by atoms with Gasteiger partial charge in [0.15, 0.2) is 0 Å². The van der Waals surface area contributed by atoms with Gasteiger partial charge in [-0.15, -0.1) is 0 Å². The molecule has 0 saturated carbocycles. The Bertz CT molecular complexity index is 571. The lowest BCUT2D eigenvalue weighted by atomic mass is 10.2. The lowest BCUT2D eigenvalue weighted by Gasteiger charge is -2.13. The minimum atomic E-state index is 0.637. The molecule has 4 N–H and O–H groups in total. The van der Waals surface area contributed by atoms with E-state index < -0.39 is 0 Å². The average molecular weight is 287 g/mol. The molecule has 0 aliphatic heterocycles. The first-order chi connectivity index (χ1) is 10.3. The monoisotopic (exact) mass is 287 g/mol. The van der Waals surface area contributed by atoms with Gasteiger partial charge < -0.3 is 15.5 Å². The van der Waals surface area contributed by atoms with Crippen LogP contribution in [-0.2, 0) is 6.42 Å². The summed E-state index contributed by atoms with van der Waals surface area (Å²) in [5.74, 6) is 7.73. The molecule has 0 bridgehead atoms. The van der Waals surface area contributed by atoms with Crippen LogP contribution in [0.1, 0.15) is 25.8 Å². The summed E-state index contributed by atoms with van der Waals surface area (Å²) in [5.41, 5.74) is 4.48. The fourth-order valence-electron chi connectivity index (χ4n) is 1.97. The number of ether oxygens (including phenoxy) is 1. The molecule has 0 saturated heterocycles. The highest BCUT2D eigenvalue weighted by molar-refractivity contribution is 5.64. The Balaban J connectivity index is 2.14. The lowest BCUT2D eigenvalue weighted by Crippen LogP contribution is -2.13. The first-order valence-corrected chi connectivity index (χ1v) is 7.08. The van der Waals surface area contributed by atoms with Gasteiger partial charge in [0.1, 0.15) is 23.7 Å². The zero-order valence-corrected chi connectivity index (χ0v) is 12.4. The number of rotatable bonds is 7. The highest BCUT2D eigenvalue weighted by atomic mass is 16.5. The Morgan fingerprint density at radius 3 is 2.43 bits per heavy atom. The van der Waals surface area contributed by atoms with Gasteiger partial charge in [-0.05, 0) is 37.1 Å². The van der Waals surface area contributed by atoms with Crippen molar-refractivity contribution in [3.05, 3.63) is 36.2 Å². The van der Waals surface area contributed by atoms with E-state index in [0.29, 0.717) is 5.82 Å². The highest BCUT2D eigenvalue weighted by Gasteiger charge is 2.09. The van der Waals surface area contributed by atoms with Crippen LogP contribution >= 0.6 is 0 Å². The fourth-order valence-corrected chi connectivity index (χ4v) is 1.97. The van der Waals surface area contributed by atoms with Crippen LogP contribution in [0.25, 0.3) is 0 Å². The first-order valence-electron chi connectivity index (χ1n) is 7.08. The molecule has 0 aliphatic rings. The van der Waals surface area contributed by atoms with Crippen molar-refractivity contribution in [3.8, 4) is 5.75 Å². The topological polar surface area (TPSA) is 85.1 Å². The molecule has 0 unspecified atom stereocenters. The predicted octanol–water partition coefficient (Wildman–Crippen LogP) is 2.86. The Morgan fingerprint density at radius 1 is 1.10 bits per heavy atom. The van der Waals surface area contributed by atoms with E-state index in [0.717, 1.165) is 42.3 Å². The number of anilines is 3. The van der Waals surface area contributed by atoms with E-state index in [1.807, 2.05) is 31.2 Å². The molecular formula is C15H21N5O. The predicted molar refractivity (Wildman–Crippen MR) is 84.7 cm³/mol. The van der Waals surface area contributed by atoms with Gasteiger partial charge in [-0.25, -0.2) is 15.8 Å². The quantitative estimate of drug-likeness (QED) is 0.536. The maximum atomic E-state index is 5.56. The maximum absolute atomic E-state index is 5.56. The number of nitrogens with two attached hydrogens (primary N) is 1. The summed E-state index contributed by atoms with van der Waals surface area (Å²) in [6.45, 7) is 4.84. The zero-order valence-electron chi connectivity index (χ0n) is 12.4. The summed E-state index contributed by atoms with van der Waals surface area (Å²) in [5, 5.41) is 3.28. The Labute approximate surface area is 124 Å². The minimum absolute atomic E-state index is 0.637. The van der Waals surface area contributed by atoms with Gasteiger partial charge in [-0.2, -0.15) is 0 Å². The van der Waals surface area contributed by atoms with Crippen LogP contribution in [-0.4, -0.2) is 16.6 Å². The standard InChI is InChI=1S/C15H21N5O/c1-3-9-21-12-7-5-11(6-8-12)19-14-13(4-2)15(20-16)18-10-17-14/h5-8,10H,3-4,9,16H2,1-2H3,(H2,17,18,19,20). The van der Waals surface area contributed by atoms with Crippen LogP contribution in [0.5, 0.6) is 5.75 Å². The average Bonchev–Trinajstić information content (AvgIpc) is 2.54.